The van der Waals surface area contributed by atoms with Crippen LogP contribution in [0.1, 0.15) is 15.9 Å². The monoisotopic (exact) mass is 378 g/mol. The van der Waals surface area contributed by atoms with Gasteiger partial charge in [-0.2, -0.15) is 5.26 Å². The predicted octanol–water partition coefficient (Wildman–Crippen LogP) is 4.61. The Kier molecular flexibility index (Phi) is 5.55. The number of halogens is 1. The topological polar surface area (TPSA) is 87.0 Å². The van der Waals surface area contributed by atoms with Crippen LogP contribution in [0.25, 0.3) is 0 Å². The number of amides is 1. The van der Waals surface area contributed by atoms with E-state index in [1.165, 1.54) is 13.3 Å². The summed E-state index contributed by atoms with van der Waals surface area (Å²) >= 11 is 6.08. The molecule has 0 saturated heterocycles. The van der Waals surface area contributed by atoms with Crippen molar-refractivity contribution in [2.24, 2.45) is 0 Å². The molecule has 27 heavy (non-hydrogen) atoms. The minimum atomic E-state index is -0.310. The highest BCUT2D eigenvalue weighted by molar-refractivity contribution is 6.32. The van der Waals surface area contributed by atoms with Gasteiger partial charge in [-0.15, -0.1) is 0 Å². The van der Waals surface area contributed by atoms with E-state index >= 15 is 0 Å². The number of pyridine rings is 1. The first-order chi connectivity index (χ1) is 13.1. The Morgan fingerprint density at radius 1 is 1.19 bits per heavy atom. The smallest absolute Gasteiger partial charge is 0.255 e. The van der Waals surface area contributed by atoms with E-state index in [0.29, 0.717) is 39.1 Å². The third-order valence-corrected chi connectivity index (χ3v) is 4.04. The molecule has 0 spiro atoms. The molecule has 7 heteroatoms. The van der Waals surface area contributed by atoms with Crippen LogP contribution in [0, 0.1) is 11.3 Å². The molecular formula is C20H15ClN4O2. The molecular weight excluding hydrogens is 364 g/mol. The number of anilines is 3. The number of carbonyl (C=O) groups is 1. The molecule has 0 aliphatic rings. The van der Waals surface area contributed by atoms with Gasteiger partial charge in [-0.05, 0) is 42.5 Å². The van der Waals surface area contributed by atoms with Crippen LogP contribution in [0.15, 0.2) is 60.8 Å². The number of methoxy groups -OCH3 is 1. The number of hydrogen-bond acceptors (Lipinski definition) is 5. The van der Waals surface area contributed by atoms with Crippen molar-refractivity contribution in [3.05, 3.63) is 76.9 Å². The summed E-state index contributed by atoms with van der Waals surface area (Å²) < 4.78 is 5.10. The Morgan fingerprint density at radius 3 is 2.74 bits per heavy atom. The molecule has 0 saturated carbocycles. The van der Waals surface area contributed by atoms with Crippen LogP contribution < -0.4 is 15.4 Å². The van der Waals surface area contributed by atoms with Crippen molar-refractivity contribution in [3.8, 4) is 11.8 Å². The van der Waals surface area contributed by atoms with Gasteiger partial charge in [-0.1, -0.05) is 23.7 Å². The Bertz CT molecular complexity index is 1030. The molecule has 2 aromatic carbocycles. The Labute approximate surface area is 161 Å². The van der Waals surface area contributed by atoms with E-state index < -0.39 is 0 Å². The molecule has 1 heterocycles. The first-order valence-corrected chi connectivity index (χ1v) is 8.35. The van der Waals surface area contributed by atoms with Gasteiger partial charge < -0.3 is 15.4 Å². The van der Waals surface area contributed by atoms with Crippen molar-refractivity contribution in [3.63, 3.8) is 0 Å². The molecule has 0 fully saturated rings. The SMILES string of the molecule is COc1ccc(NC(=O)c2ccnc(Nc3ccccc3C#N)c2)cc1Cl. The van der Waals surface area contributed by atoms with E-state index in [0.717, 1.165) is 0 Å². The lowest BCUT2D eigenvalue weighted by Gasteiger charge is -2.10. The average molecular weight is 379 g/mol. The number of carbonyl (C=O) groups excluding carboxylic acids is 1. The van der Waals surface area contributed by atoms with Crippen molar-refractivity contribution in [1.29, 1.82) is 5.26 Å². The fourth-order valence-corrected chi connectivity index (χ4v) is 2.67. The minimum absolute atomic E-state index is 0.310. The number of nitrogens with zero attached hydrogens (tertiary/aromatic N) is 2. The standard InChI is InChI=1S/C20H15ClN4O2/c1-27-18-7-6-15(11-16(18)21)24-20(26)13-8-9-23-19(10-13)25-17-5-3-2-4-14(17)12-22/h2-11H,1H3,(H,23,25)(H,24,26). The number of aromatic nitrogens is 1. The van der Waals surface area contributed by atoms with Crippen molar-refractivity contribution in [2.45, 2.75) is 0 Å². The zero-order valence-corrected chi connectivity index (χ0v) is 15.1. The second kappa shape index (κ2) is 8.21. The highest BCUT2D eigenvalue weighted by Crippen LogP contribution is 2.27. The maximum Gasteiger partial charge on any atom is 0.255 e. The maximum atomic E-state index is 12.5. The molecule has 134 valence electrons. The van der Waals surface area contributed by atoms with Crippen LogP contribution >= 0.6 is 11.6 Å². The molecule has 0 unspecified atom stereocenters. The normalized spacial score (nSPS) is 9.96. The molecule has 2 N–H and O–H groups in total. The van der Waals surface area contributed by atoms with Gasteiger partial charge >= 0.3 is 0 Å². The summed E-state index contributed by atoms with van der Waals surface area (Å²) in [6.45, 7) is 0. The second-order valence-corrected chi connectivity index (χ2v) is 5.92. The average Bonchev–Trinajstić information content (AvgIpc) is 2.69. The summed E-state index contributed by atoms with van der Waals surface area (Å²) in [5.74, 6) is 0.676. The van der Waals surface area contributed by atoms with Gasteiger partial charge in [0.2, 0.25) is 0 Å². The summed E-state index contributed by atoms with van der Waals surface area (Å²) in [4.78, 5) is 16.7. The fourth-order valence-electron chi connectivity index (χ4n) is 2.42. The largest absolute Gasteiger partial charge is 0.495 e. The summed E-state index contributed by atoms with van der Waals surface area (Å²) in [7, 11) is 1.52. The predicted molar refractivity (Wildman–Crippen MR) is 105 cm³/mol. The van der Waals surface area contributed by atoms with Crippen molar-refractivity contribution >= 4 is 34.7 Å². The lowest BCUT2D eigenvalue weighted by molar-refractivity contribution is 0.102. The molecule has 0 bridgehead atoms. The highest BCUT2D eigenvalue weighted by atomic mass is 35.5. The van der Waals surface area contributed by atoms with Crippen LogP contribution in [0.2, 0.25) is 5.02 Å². The zero-order valence-electron chi connectivity index (χ0n) is 14.4. The number of nitriles is 1. The number of rotatable bonds is 5. The van der Waals surface area contributed by atoms with Crippen molar-refractivity contribution in [1.82, 2.24) is 4.98 Å². The maximum absolute atomic E-state index is 12.5. The molecule has 3 aromatic rings. The van der Waals surface area contributed by atoms with E-state index in [-0.39, 0.29) is 5.91 Å². The lowest BCUT2D eigenvalue weighted by atomic mass is 10.2. The quantitative estimate of drug-likeness (QED) is 0.676. The second-order valence-electron chi connectivity index (χ2n) is 5.52. The van der Waals surface area contributed by atoms with Crippen molar-refractivity contribution in [2.75, 3.05) is 17.7 Å². The van der Waals surface area contributed by atoms with E-state index in [9.17, 15) is 4.79 Å². The third-order valence-electron chi connectivity index (χ3n) is 3.74. The number of nitrogens with one attached hydrogen (secondary N) is 2. The number of benzene rings is 2. The Morgan fingerprint density at radius 2 is 2.00 bits per heavy atom. The van der Waals surface area contributed by atoms with Crippen LogP contribution in [0.5, 0.6) is 5.75 Å². The van der Waals surface area contributed by atoms with Crippen LogP contribution in [-0.4, -0.2) is 18.0 Å². The molecule has 1 amide bonds. The fraction of sp³-hybridized carbons (Fsp3) is 0.0500. The molecule has 6 nitrogen and oxygen atoms in total. The van der Waals surface area contributed by atoms with Gasteiger partial charge in [0.25, 0.3) is 5.91 Å². The summed E-state index contributed by atoms with van der Waals surface area (Å²) in [5.41, 5.74) is 2.06. The number of hydrogen-bond donors (Lipinski definition) is 2. The number of ether oxygens (including phenoxy) is 1. The molecule has 0 aliphatic carbocycles. The number of para-hydroxylation sites is 1. The molecule has 0 aliphatic heterocycles. The van der Waals surface area contributed by atoms with Crippen LogP contribution in [0.3, 0.4) is 0 Å². The highest BCUT2D eigenvalue weighted by Gasteiger charge is 2.10. The van der Waals surface area contributed by atoms with Gasteiger partial charge in [0.1, 0.15) is 17.6 Å². The Balaban J connectivity index is 1.78. The van der Waals surface area contributed by atoms with Gasteiger partial charge in [-0.25, -0.2) is 4.98 Å². The van der Waals surface area contributed by atoms with Gasteiger partial charge in [0, 0.05) is 17.4 Å². The first kappa shape index (κ1) is 18.2. The van der Waals surface area contributed by atoms with E-state index in [1.54, 1.807) is 48.5 Å². The summed E-state index contributed by atoms with van der Waals surface area (Å²) in [5, 5.41) is 15.4. The first-order valence-electron chi connectivity index (χ1n) is 7.98. The van der Waals surface area contributed by atoms with Crippen LogP contribution in [0.4, 0.5) is 17.2 Å². The molecule has 3 rings (SSSR count). The van der Waals surface area contributed by atoms with E-state index in [4.69, 9.17) is 21.6 Å². The Hall–Kier alpha value is -3.56. The molecule has 0 radical (unpaired) electrons. The van der Waals surface area contributed by atoms with Crippen LogP contribution in [-0.2, 0) is 0 Å². The zero-order chi connectivity index (χ0) is 19.2. The lowest BCUT2D eigenvalue weighted by Crippen LogP contribution is -2.12. The minimum Gasteiger partial charge on any atom is -0.495 e. The van der Waals surface area contributed by atoms with Crippen molar-refractivity contribution < 1.29 is 9.53 Å². The summed E-state index contributed by atoms with van der Waals surface area (Å²) in [6.07, 6.45) is 1.52. The van der Waals surface area contributed by atoms with Gasteiger partial charge in [0.15, 0.2) is 0 Å². The third kappa shape index (κ3) is 4.35. The molecule has 1 aromatic heterocycles. The van der Waals surface area contributed by atoms with Gasteiger partial charge in [0.05, 0.1) is 23.4 Å². The van der Waals surface area contributed by atoms with E-state index in [1.807, 2.05) is 6.07 Å². The van der Waals surface area contributed by atoms with Gasteiger partial charge in [-0.3, -0.25) is 4.79 Å². The van der Waals surface area contributed by atoms with E-state index in [2.05, 4.69) is 21.7 Å². The summed E-state index contributed by atoms with van der Waals surface area (Å²) in [6, 6.07) is 17.4. The molecule has 0 atom stereocenters.